The Bertz CT molecular complexity index is 576. The van der Waals surface area contributed by atoms with E-state index in [9.17, 15) is 4.79 Å². The summed E-state index contributed by atoms with van der Waals surface area (Å²) in [7, 11) is 0. The minimum absolute atomic E-state index is 0.197. The summed E-state index contributed by atoms with van der Waals surface area (Å²) in [6.07, 6.45) is 0.587. The zero-order chi connectivity index (χ0) is 11.8. The maximum absolute atomic E-state index is 11.9. The second-order valence-corrected chi connectivity index (χ2v) is 5.60. The molecule has 2 aromatic carbocycles. The predicted octanol–water partition coefficient (Wildman–Crippen LogP) is 3.34. The highest BCUT2D eigenvalue weighted by atomic mass is 79.9. The van der Waals surface area contributed by atoms with Crippen LogP contribution >= 0.6 is 15.9 Å². The smallest absolute Gasteiger partial charge is 0.228 e. The van der Waals surface area contributed by atoms with Crippen LogP contribution in [0.4, 0.5) is 5.69 Å². The van der Waals surface area contributed by atoms with Gasteiger partial charge in [-0.3, -0.25) is 4.79 Å². The molecule has 0 aliphatic carbocycles. The van der Waals surface area contributed by atoms with Crippen LogP contribution in [0, 0.1) is 0 Å². The molecule has 0 bridgehead atoms. The second kappa shape index (κ2) is 4.15. The van der Waals surface area contributed by atoms with Crippen molar-refractivity contribution in [2.75, 3.05) is 11.4 Å². The van der Waals surface area contributed by atoms with E-state index in [-0.39, 0.29) is 10.7 Å². The van der Waals surface area contributed by atoms with E-state index >= 15 is 0 Å². The second-order valence-electron chi connectivity index (χ2n) is 4.30. The maximum Gasteiger partial charge on any atom is 0.228 e. The van der Waals surface area contributed by atoms with Crippen LogP contribution in [0.5, 0.6) is 0 Å². The molecule has 3 rings (SSSR count). The first-order valence-corrected chi connectivity index (χ1v) is 6.59. The lowest BCUT2D eigenvalue weighted by Crippen LogP contribution is -2.24. The Morgan fingerprint density at radius 3 is 2.65 bits per heavy atom. The molecule has 0 aromatic heterocycles. The molecule has 1 fully saturated rings. The van der Waals surface area contributed by atoms with Crippen LogP contribution in [0.25, 0.3) is 10.8 Å². The number of rotatable bonds is 1. The van der Waals surface area contributed by atoms with E-state index in [1.54, 1.807) is 0 Å². The summed E-state index contributed by atoms with van der Waals surface area (Å²) in [5.74, 6) is 0.197. The number of hydrogen-bond acceptors (Lipinski definition) is 1. The Labute approximate surface area is 108 Å². The van der Waals surface area contributed by atoms with Gasteiger partial charge in [0.15, 0.2) is 0 Å². The van der Waals surface area contributed by atoms with E-state index in [0.29, 0.717) is 6.42 Å². The number of fused-ring (bicyclic) bond motifs is 1. The molecule has 1 saturated heterocycles. The molecular formula is C14H12BrNO. The summed E-state index contributed by atoms with van der Waals surface area (Å²) < 4.78 is 0. The molecule has 1 atom stereocenters. The highest BCUT2D eigenvalue weighted by Gasteiger charge is 2.29. The van der Waals surface area contributed by atoms with Crippen molar-refractivity contribution in [3.05, 3.63) is 42.5 Å². The highest BCUT2D eigenvalue weighted by Crippen LogP contribution is 2.31. The minimum atomic E-state index is 0.197. The zero-order valence-electron chi connectivity index (χ0n) is 9.27. The zero-order valence-corrected chi connectivity index (χ0v) is 10.9. The van der Waals surface area contributed by atoms with Crippen molar-refractivity contribution in [3.8, 4) is 0 Å². The Kier molecular flexibility index (Phi) is 2.63. The quantitative estimate of drug-likeness (QED) is 0.738. The van der Waals surface area contributed by atoms with Crippen molar-refractivity contribution in [1.82, 2.24) is 0 Å². The van der Waals surface area contributed by atoms with Crippen LogP contribution in [0.15, 0.2) is 42.5 Å². The van der Waals surface area contributed by atoms with E-state index in [1.165, 1.54) is 5.39 Å². The lowest BCUT2D eigenvalue weighted by atomic mass is 10.1. The molecule has 86 valence electrons. The van der Waals surface area contributed by atoms with E-state index in [1.807, 2.05) is 29.2 Å². The third kappa shape index (κ3) is 1.84. The number of amides is 1. The Morgan fingerprint density at radius 1 is 1.12 bits per heavy atom. The number of anilines is 1. The summed E-state index contributed by atoms with van der Waals surface area (Å²) in [6.45, 7) is 0.757. The van der Waals surface area contributed by atoms with Gasteiger partial charge in [-0.05, 0) is 11.5 Å². The third-order valence-electron chi connectivity index (χ3n) is 3.14. The summed E-state index contributed by atoms with van der Waals surface area (Å²) in [5, 5.41) is 2.32. The van der Waals surface area contributed by atoms with Gasteiger partial charge in [-0.25, -0.2) is 0 Å². The number of alkyl halides is 1. The van der Waals surface area contributed by atoms with Crippen LogP contribution < -0.4 is 4.90 Å². The standard InChI is InChI=1S/C14H12BrNO/c15-11-8-14(17)16(9-11)13-7-3-5-10-4-1-2-6-12(10)13/h1-7,11H,8-9H2. The van der Waals surface area contributed by atoms with Crippen molar-refractivity contribution in [2.45, 2.75) is 11.2 Å². The summed E-state index contributed by atoms with van der Waals surface area (Å²) in [4.78, 5) is 14.1. The molecular weight excluding hydrogens is 278 g/mol. The van der Waals surface area contributed by atoms with Crippen molar-refractivity contribution in [2.24, 2.45) is 0 Å². The molecule has 2 nitrogen and oxygen atoms in total. The van der Waals surface area contributed by atoms with Gasteiger partial charge in [0, 0.05) is 23.2 Å². The SMILES string of the molecule is O=C1CC(Br)CN1c1cccc2ccccc12. The van der Waals surface area contributed by atoms with Gasteiger partial charge in [-0.1, -0.05) is 52.3 Å². The van der Waals surface area contributed by atoms with Gasteiger partial charge >= 0.3 is 0 Å². The monoisotopic (exact) mass is 289 g/mol. The molecule has 1 unspecified atom stereocenters. The lowest BCUT2D eigenvalue weighted by Gasteiger charge is -2.18. The first-order valence-electron chi connectivity index (χ1n) is 5.68. The largest absolute Gasteiger partial charge is 0.311 e. The van der Waals surface area contributed by atoms with Gasteiger partial charge in [0.05, 0.1) is 5.69 Å². The molecule has 1 aliphatic heterocycles. The molecule has 3 heteroatoms. The van der Waals surface area contributed by atoms with Gasteiger partial charge < -0.3 is 4.90 Å². The molecule has 0 saturated carbocycles. The molecule has 1 heterocycles. The van der Waals surface area contributed by atoms with Gasteiger partial charge in [-0.15, -0.1) is 0 Å². The van der Waals surface area contributed by atoms with Crippen molar-refractivity contribution in [1.29, 1.82) is 0 Å². The first kappa shape index (κ1) is 10.8. The summed E-state index contributed by atoms with van der Waals surface area (Å²) >= 11 is 3.52. The topological polar surface area (TPSA) is 20.3 Å². The van der Waals surface area contributed by atoms with Crippen molar-refractivity contribution < 1.29 is 4.79 Å². The predicted molar refractivity (Wildman–Crippen MR) is 73.6 cm³/mol. The Morgan fingerprint density at radius 2 is 1.88 bits per heavy atom. The fourth-order valence-electron chi connectivity index (χ4n) is 2.34. The van der Waals surface area contributed by atoms with E-state index < -0.39 is 0 Å². The average molecular weight is 290 g/mol. The van der Waals surface area contributed by atoms with E-state index in [0.717, 1.165) is 17.6 Å². The third-order valence-corrected chi connectivity index (χ3v) is 3.75. The first-order chi connectivity index (χ1) is 8.25. The molecule has 1 aliphatic rings. The highest BCUT2D eigenvalue weighted by molar-refractivity contribution is 9.09. The Hall–Kier alpha value is -1.35. The Balaban J connectivity index is 2.14. The lowest BCUT2D eigenvalue weighted by molar-refractivity contribution is -0.117. The molecule has 0 N–H and O–H groups in total. The van der Waals surface area contributed by atoms with Crippen LogP contribution in [-0.2, 0) is 4.79 Å². The molecule has 17 heavy (non-hydrogen) atoms. The number of carbonyl (C=O) groups is 1. The number of benzene rings is 2. The number of hydrogen-bond donors (Lipinski definition) is 0. The molecule has 2 aromatic rings. The van der Waals surface area contributed by atoms with E-state index in [4.69, 9.17) is 0 Å². The van der Waals surface area contributed by atoms with Crippen molar-refractivity contribution >= 4 is 38.3 Å². The average Bonchev–Trinajstić information content (AvgIpc) is 2.68. The number of carbonyl (C=O) groups excluding carboxylic acids is 1. The molecule has 0 radical (unpaired) electrons. The van der Waals surface area contributed by atoms with Gasteiger partial charge in [0.1, 0.15) is 0 Å². The van der Waals surface area contributed by atoms with Crippen LogP contribution in [0.3, 0.4) is 0 Å². The van der Waals surface area contributed by atoms with Gasteiger partial charge in [0.25, 0.3) is 0 Å². The van der Waals surface area contributed by atoms with Gasteiger partial charge in [-0.2, -0.15) is 0 Å². The normalized spacial score (nSPS) is 20.2. The van der Waals surface area contributed by atoms with Crippen LogP contribution in [0.1, 0.15) is 6.42 Å². The number of halogens is 1. The fraction of sp³-hybridized carbons (Fsp3) is 0.214. The van der Waals surface area contributed by atoms with Crippen LogP contribution in [-0.4, -0.2) is 17.3 Å². The van der Waals surface area contributed by atoms with Crippen LogP contribution in [0.2, 0.25) is 0 Å². The molecule has 0 spiro atoms. The summed E-state index contributed by atoms with van der Waals surface area (Å²) in [5.41, 5.74) is 1.02. The molecule has 1 amide bonds. The minimum Gasteiger partial charge on any atom is -0.311 e. The fourth-order valence-corrected chi connectivity index (χ4v) is 2.91. The summed E-state index contributed by atoms with van der Waals surface area (Å²) in [6, 6.07) is 14.3. The van der Waals surface area contributed by atoms with Crippen molar-refractivity contribution in [3.63, 3.8) is 0 Å². The number of nitrogens with zero attached hydrogens (tertiary/aromatic N) is 1. The van der Waals surface area contributed by atoms with E-state index in [2.05, 4.69) is 34.1 Å². The van der Waals surface area contributed by atoms with Gasteiger partial charge in [0.2, 0.25) is 5.91 Å². The maximum atomic E-state index is 11.9.